The van der Waals surface area contributed by atoms with Crippen molar-refractivity contribution in [2.75, 3.05) is 6.61 Å². The Morgan fingerprint density at radius 1 is 1.17 bits per heavy atom. The van der Waals surface area contributed by atoms with Gasteiger partial charge in [0.1, 0.15) is 11.6 Å². The molecule has 0 amide bonds. The highest BCUT2D eigenvalue weighted by Crippen LogP contribution is 2.30. The summed E-state index contributed by atoms with van der Waals surface area (Å²) in [6.45, 7) is 2.27. The standard InChI is InChI=1S/C20H17N5O4/c1-2-29-15-10-11(9-12-5-3-4-6-13(12)20(27)28)7-8-14(15)17-21-18-16(19(26)22-17)23-25-24-18/h3-8,10H,2,9H2,1H3,(H,27,28)(H2,21,22,23,24,25,26). The Hall–Kier alpha value is -4.01. The fraction of sp³-hybridized carbons (Fsp3) is 0.150. The van der Waals surface area contributed by atoms with E-state index in [4.69, 9.17) is 4.74 Å². The van der Waals surface area contributed by atoms with E-state index in [1.54, 1.807) is 30.3 Å². The lowest BCUT2D eigenvalue weighted by Crippen LogP contribution is -2.10. The molecule has 0 radical (unpaired) electrons. The molecule has 0 aliphatic rings. The predicted molar refractivity (Wildman–Crippen MR) is 105 cm³/mol. The van der Waals surface area contributed by atoms with Crippen molar-refractivity contribution >= 4 is 17.1 Å². The van der Waals surface area contributed by atoms with Crippen LogP contribution in [0.25, 0.3) is 22.6 Å². The third-order valence-corrected chi connectivity index (χ3v) is 4.44. The van der Waals surface area contributed by atoms with Crippen LogP contribution >= 0.6 is 0 Å². The van der Waals surface area contributed by atoms with Crippen LogP contribution in [0.3, 0.4) is 0 Å². The molecular weight excluding hydrogens is 374 g/mol. The van der Waals surface area contributed by atoms with Crippen molar-refractivity contribution in [3.05, 3.63) is 69.5 Å². The lowest BCUT2D eigenvalue weighted by atomic mass is 9.98. The van der Waals surface area contributed by atoms with Gasteiger partial charge in [0.05, 0.1) is 17.7 Å². The first kappa shape index (κ1) is 18.4. The molecule has 0 aliphatic heterocycles. The minimum absolute atomic E-state index is 0.133. The van der Waals surface area contributed by atoms with E-state index >= 15 is 0 Å². The molecule has 0 atom stereocenters. The predicted octanol–water partition coefficient (Wildman–Crippen LogP) is 2.40. The monoisotopic (exact) mass is 391 g/mol. The molecule has 9 nitrogen and oxygen atoms in total. The van der Waals surface area contributed by atoms with Crippen molar-refractivity contribution in [1.82, 2.24) is 25.4 Å². The van der Waals surface area contributed by atoms with Crippen LogP contribution in [-0.4, -0.2) is 43.1 Å². The van der Waals surface area contributed by atoms with Crippen LogP contribution in [-0.2, 0) is 6.42 Å². The van der Waals surface area contributed by atoms with Gasteiger partial charge in [0.2, 0.25) is 5.65 Å². The van der Waals surface area contributed by atoms with Crippen LogP contribution in [0, 0.1) is 0 Å². The summed E-state index contributed by atoms with van der Waals surface area (Å²) in [5, 5.41) is 19.4. The van der Waals surface area contributed by atoms with Crippen molar-refractivity contribution in [1.29, 1.82) is 0 Å². The summed E-state index contributed by atoms with van der Waals surface area (Å²) in [5.41, 5.74) is 2.38. The lowest BCUT2D eigenvalue weighted by molar-refractivity contribution is 0.0696. The smallest absolute Gasteiger partial charge is 0.335 e. The summed E-state index contributed by atoms with van der Waals surface area (Å²) < 4.78 is 5.76. The number of benzene rings is 2. The zero-order valence-corrected chi connectivity index (χ0v) is 15.5. The van der Waals surface area contributed by atoms with Crippen LogP contribution in [0.15, 0.2) is 47.3 Å². The van der Waals surface area contributed by atoms with E-state index in [2.05, 4.69) is 25.4 Å². The first-order valence-electron chi connectivity index (χ1n) is 8.95. The van der Waals surface area contributed by atoms with Gasteiger partial charge in [-0.05, 0) is 42.7 Å². The lowest BCUT2D eigenvalue weighted by Gasteiger charge is -2.12. The highest BCUT2D eigenvalue weighted by Gasteiger charge is 2.15. The second kappa shape index (κ2) is 7.55. The summed E-state index contributed by atoms with van der Waals surface area (Å²) >= 11 is 0. The summed E-state index contributed by atoms with van der Waals surface area (Å²) in [4.78, 5) is 30.7. The van der Waals surface area contributed by atoms with Crippen LogP contribution in [0.4, 0.5) is 0 Å². The molecular formula is C20H17N5O4. The summed E-state index contributed by atoms with van der Waals surface area (Å²) in [7, 11) is 0. The van der Waals surface area contributed by atoms with Crippen LogP contribution < -0.4 is 10.3 Å². The molecule has 0 saturated carbocycles. The van der Waals surface area contributed by atoms with Gasteiger partial charge >= 0.3 is 5.97 Å². The summed E-state index contributed by atoms with van der Waals surface area (Å²) in [6, 6.07) is 12.3. The van der Waals surface area contributed by atoms with Crippen LogP contribution in [0.5, 0.6) is 5.75 Å². The number of nitrogens with one attached hydrogen (secondary N) is 2. The number of carbonyl (C=O) groups is 1. The highest BCUT2D eigenvalue weighted by molar-refractivity contribution is 5.89. The van der Waals surface area contributed by atoms with Crippen LogP contribution in [0.2, 0.25) is 0 Å². The Bertz CT molecular complexity index is 1260. The molecule has 2 heterocycles. The van der Waals surface area contributed by atoms with E-state index in [1.807, 2.05) is 19.1 Å². The Kier molecular flexibility index (Phi) is 4.78. The number of aromatic amines is 2. The maximum atomic E-state index is 12.2. The normalized spacial score (nSPS) is 10.9. The van der Waals surface area contributed by atoms with Crippen molar-refractivity contribution in [2.45, 2.75) is 13.3 Å². The van der Waals surface area contributed by atoms with E-state index in [0.717, 1.165) is 5.56 Å². The summed E-state index contributed by atoms with van der Waals surface area (Å²) in [5.74, 6) is -0.119. The Morgan fingerprint density at radius 3 is 2.79 bits per heavy atom. The molecule has 146 valence electrons. The molecule has 0 fully saturated rings. The largest absolute Gasteiger partial charge is 0.493 e. The SMILES string of the molecule is CCOc1cc(Cc2ccccc2C(=O)O)ccc1-c1nc2n[nH]nc2c(=O)[nH]1. The van der Waals surface area contributed by atoms with E-state index in [1.165, 1.54) is 0 Å². The zero-order valence-electron chi connectivity index (χ0n) is 15.5. The zero-order chi connectivity index (χ0) is 20.4. The van der Waals surface area contributed by atoms with Gasteiger partial charge in [0, 0.05) is 0 Å². The minimum Gasteiger partial charge on any atom is -0.493 e. The third kappa shape index (κ3) is 3.57. The van der Waals surface area contributed by atoms with Crippen molar-refractivity contribution in [3.8, 4) is 17.1 Å². The number of aromatic nitrogens is 5. The van der Waals surface area contributed by atoms with Crippen LogP contribution in [0.1, 0.15) is 28.4 Å². The molecule has 0 saturated heterocycles. The van der Waals surface area contributed by atoms with E-state index in [-0.39, 0.29) is 16.7 Å². The van der Waals surface area contributed by atoms with E-state index in [9.17, 15) is 14.7 Å². The van der Waals surface area contributed by atoms with Crippen molar-refractivity contribution in [2.24, 2.45) is 0 Å². The highest BCUT2D eigenvalue weighted by atomic mass is 16.5. The molecule has 2 aromatic heterocycles. The minimum atomic E-state index is -0.968. The number of hydrogen-bond acceptors (Lipinski definition) is 6. The molecule has 9 heteroatoms. The number of rotatable bonds is 6. The average Bonchev–Trinajstić information content (AvgIpc) is 3.18. The molecule has 3 N–H and O–H groups in total. The maximum absolute atomic E-state index is 12.2. The number of carboxylic acid groups (broad SMARTS) is 1. The van der Waals surface area contributed by atoms with Gasteiger partial charge < -0.3 is 14.8 Å². The molecule has 4 rings (SSSR count). The molecule has 0 spiro atoms. The van der Waals surface area contributed by atoms with Gasteiger partial charge in [-0.1, -0.05) is 24.3 Å². The maximum Gasteiger partial charge on any atom is 0.335 e. The Morgan fingerprint density at radius 2 is 2.00 bits per heavy atom. The van der Waals surface area contributed by atoms with Gasteiger partial charge in [-0.15, -0.1) is 10.2 Å². The number of ether oxygens (including phenoxy) is 1. The second-order valence-corrected chi connectivity index (χ2v) is 6.31. The van der Waals surface area contributed by atoms with Gasteiger partial charge in [-0.2, -0.15) is 5.21 Å². The molecule has 4 aromatic rings. The third-order valence-electron chi connectivity index (χ3n) is 4.44. The number of hydrogen-bond donors (Lipinski definition) is 3. The number of fused-ring (bicyclic) bond motifs is 1. The second-order valence-electron chi connectivity index (χ2n) is 6.31. The van der Waals surface area contributed by atoms with Crippen molar-refractivity contribution < 1.29 is 14.6 Å². The number of H-pyrrole nitrogens is 2. The van der Waals surface area contributed by atoms with Gasteiger partial charge in [-0.25, -0.2) is 9.78 Å². The van der Waals surface area contributed by atoms with E-state index in [0.29, 0.717) is 35.7 Å². The number of aromatic carboxylic acids is 1. The first-order valence-corrected chi connectivity index (χ1v) is 8.95. The first-order chi connectivity index (χ1) is 14.1. The average molecular weight is 391 g/mol. The summed E-state index contributed by atoms with van der Waals surface area (Å²) in [6.07, 6.45) is 0.426. The number of carboxylic acids is 1. The van der Waals surface area contributed by atoms with Crippen molar-refractivity contribution in [3.63, 3.8) is 0 Å². The number of nitrogens with zero attached hydrogens (tertiary/aromatic N) is 3. The molecule has 0 unspecified atom stereocenters. The van der Waals surface area contributed by atoms with Gasteiger partial charge in [0.25, 0.3) is 5.56 Å². The molecule has 29 heavy (non-hydrogen) atoms. The fourth-order valence-corrected chi connectivity index (χ4v) is 3.13. The Labute approximate surface area is 164 Å². The van der Waals surface area contributed by atoms with E-state index < -0.39 is 11.5 Å². The quantitative estimate of drug-likeness (QED) is 0.459. The fourth-order valence-electron chi connectivity index (χ4n) is 3.13. The van der Waals surface area contributed by atoms with Gasteiger partial charge in [-0.3, -0.25) is 4.79 Å². The molecule has 0 bridgehead atoms. The Balaban J connectivity index is 1.75. The topological polar surface area (TPSA) is 134 Å². The molecule has 0 aliphatic carbocycles. The molecule has 2 aromatic carbocycles. The van der Waals surface area contributed by atoms with Gasteiger partial charge in [0.15, 0.2) is 5.52 Å².